The van der Waals surface area contributed by atoms with Crippen molar-refractivity contribution in [1.29, 1.82) is 0 Å². The summed E-state index contributed by atoms with van der Waals surface area (Å²) in [7, 11) is 4.00. The van der Waals surface area contributed by atoms with Gasteiger partial charge in [0.05, 0.1) is 5.92 Å². The maximum absolute atomic E-state index is 12.9. The summed E-state index contributed by atoms with van der Waals surface area (Å²) < 4.78 is 0. The fourth-order valence-electron chi connectivity index (χ4n) is 3.68. The first kappa shape index (κ1) is 20.1. The Morgan fingerprint density at radius 2 is 1.82 bits per heavy atom. The minimum absolute atomic E-state index is 0.00780. The molecule has 1 aliphatic rings. The average Bonchev–Trinajstić information content (AvgIpc) is 3.04. The molecule has 1 saturated heterocycles. The SMILES string of the molecule is Cc1ccc(N2CC(C(=O)NC(Cc3ccccc3)CN(C)C)CC2=O)cc1. The van der Waals surface area contributed by atoms with Crippen LogP contribution < -0.4 is 10.2 Å². The number of hydrogen-bond acceptors (Lipinski definition) is 3. The zero-order valence-corrected chi connectivity index (χ0v) is 16.9. The van der Waals surface area contributed by atoms with Gasteiger partial charge in [-0.15, -0.1) is 0 Å². The van der Waals surface area contributed by atoms with Crippen LogP contribution in [0.15, 0.2) is 54.6 Å². The quantitative estimate of drug-likeness (QED) is 0.805. The number of likely N-dealkylation sites (N-methyl/N-ethyl adjacent to an activating group) is 1. The normalized spacial score (nSPS) is 17.8. The number of aryl methyl sites for hydroxylation is 1. The first-order valence-electron chi connectivity index (χ1n) is 9.78. The molecule has 1 heterocycles. The van der Waals surface area contributed by atoms with E-state index in [1.165, 1.54) is 5.56 Å². The van der Waals surface area contributed by atoms with Gasteiger partial charge in [0, 0.05) is 31.2 Å². The predicted octanol–water partition coefficient (Wildman–Crippen LogP) is 2.64. The van der Waals surface area contributed by atoms with E-state index in [0.29, 0.717) is 6.54 Å². The largest absolute Gasteiger partial charge is 0.351 e. The van der Waals surface area contributed by atoms with Crippen molar-refractivity contribution in [1.82, 2.24) is 10.2 Å². The van der Waals surface area contributed by atoms with E-state index in [1.807, 2.05) is 63.5 Å². The molecule has 1 fully saturated rings. The zero-order valence-electron chi connectivity index (χ0n) is 16.9. The molecule has 0 saturated carbocycles. The summed E-state index contributed by atoms with van der Waals surface area (Å²) in [4.78, 5) is 29.2. The van der Waals surface area contributed by atoms with Gasteiger partial charge in [-0.1, -0.05) is 48.0 Å². The highest BCUT2D eigenvalue weighted by atomic mass is 16.2. The van der Waals surface area contributed by atoms with E-state index in [9.17, 15) is 9.59 Å². The molecule has 28 heavy (non-hydrogen) atoms. The van der Waals surface area contributed by atoms with Crippen molar-refractivity contribution in [3.63, 3.8) is 0 Å². The lowest BCUT2D eigenvalue weighted by molar-refractivity contribution is -0.127. The Morgan fingerprint density at radius 1 is 1.14 bits per heavy atom. The Morgan fingerprint density at radius 3 is 2.46 bits per heavy atom. The van der Waals surface area contributed by atoms with Crippen LogP contribution in [0.5, 0.6) is 0 Å². The third kappa shape index (κ3) is 5.20. The van der Waals surface area contributed by atoms with Crippen LogP contribution in [0.2, 0.25) is 0 Å². The van der Waals surface area contributed by atoms with E-state index in [1.54, 1.807) is 4.90 Å². The van der Waals surface area contributed by atoms with Crippen LogP contribution in [0.1, 0.15) is 17.5 Å². The first-order chi connectivity index (χ1) is 13.4. The predicted molar refractivity (Wildman–Crippen MR) is 112 cm³/mol. The third-order valence-corrected chi connectivity index (χ3v) is 5.10. The third-order valence-electron chi connectivity index (χ3n) is 5.10. The Bertz CT molecular complexity index is 802. The van der Waals surface area contributed by atoms with E-state index in [0.717, 1.165) is 24.2 Å². The molecule has 2 aromatic carbocycles. The molecule has 2 aromatic rings. The lowest BCUT2D eigenvalue weighted by Gasteiger charge is -2.24. The molecule has 0 radical (unpaired) electrons. The Hall–Kier alpha value is -2.66. The minimum atomic E-state index is -0.311. The number of rotatable bonds is 7. The fraction of sp³-hybridized carbons (Fsp3) is 0.391. The molecule has 5 nitrogen and oxygen atoms in total. The van der Waals surface area contributed by atoms with Crippen LogP contribution in [-0.4, -0.2) is 49.9 Å². The van der Waals surface area contributed by atoms with E-state index >= 15 is 0 Å². The van der Waals surface area contributed by atoms with Crippen LogP contribution in [0.3, 0.4) is 0 Å². The second-order valence-corrected chi connectivity index (χ2v) is 7.90. The number of carbonyl (C=O) groups excluding carboxylic acids is 2. The molecular weight excluding hydrogens is 350 g/mol. The van der Waals surface area contributed by atoms with Gasteiger partial charge in [0.25, 0.3) is 0 Å². The van der Waals surface area contributed by atoms with Crippen molar-refractivity contribution in [3.05, 3.63) is 65.7 Å². The summed E-state index contributed by atoms with van der Waals surface area (Å²) in [6, 6.07) is 18.0. The molecule has 2 amide bonds. The maximum Gasteiger partial charge on any atom is 0.227 e. The highest BCUT2D eigenvalue weighted by Gasteiger charge is 2.35. The van der Waals surface area contributed by atoms with E-state index in [-0.39, 0.29) is 30.2 Å². The molecule has 0 aromatic heterocycles. The monoisotopic (exact) mass is 379 g/mol. The summed E-state index contributed by atoms with van der Waals surface area (Å²) in [6.07, 6.45) is 1.03. The van der Waals surface area contributed by atoms with Gasteiger partial charge in [0.1, 0.15) is 0 Å². The molecule has 0 aliphatic carbocycles. The highest BCUT2D eigenvalue weighted by molar-refractivity contribution is 6.00. The highest BCUT2D eigenvalue weighted by Crippen LogP contribution is 2.25. The van der Waals surface area contributed by atoms with Crippen molar-refractivity contribution in [2.75, 3.05) is 32.1 Å². The number of amides is 2. The molecule has 5 heteroatoms. The number of benzene rings is 2. The number of carbonyl (C=O) groups is 2. The zero-order chi connectivity index (χ0) is 20.1. The minimum Gasteiger partial charge on any atom is -0.351 e. The summed E-state index contributed by atoms with van der Waals surface area (Å²) in [6.45, 7) is 3.21. The summed E-state index contributed by atoms with van der Waals surface area (Å²) in [5.41, 5.74) is 3.20. The second-order valence-electron chi connectivity index (χ2n) is 7.90. The molecule has 2 atom stereocenters. The molecule has 1 aliphatic heterocycles. The van der Waals surface area contributed by atoms with Gasteiger partial charge in [-0.25, -0.2) is 0 Å². The van der Waals surface area contributed by atoms with Crippen LogP contribution in [-0.2, 0) is 16.0 Å². The topological polar surface area (TPSA) is 52.7 Å². The van der Waals surface area contributed by atoms with Crippen molar-refractivity contribution < 1.29 is 9.59 Å². The van der Waals surface area contributed by atoms with Crippen LogP contribution >= 0.6 is 0 Å². The Balaban J connectivity index is 1.64. The molecule has 1 N–H and O–H groups in total. The van der Waals surface area contributed by atoms with E-state index < -0.39 is 0 Å². The number of nitrogens with one attached hydrogen (secondary N) is 1. The van der Waals surface area contributed by atoms with Crippen molar-refractivity contribution in [2.24, 2.45) is 5.92 Å². The van der Waals surface area contributed by atoms with Gasteiger partial charge in [-0.2, -0.15) is 0 Å². The molecular formula is C23H29N3O2. The number of nitrogens with zero attached hydrogens (tertiary/aromatic N) is 2. The fourth-order valence-corrected chi connectivity index (χ4v) is 3.68. The summed E-state index contributed by atoms with van der Waals surface area (Å²) >= 11 is 0. The molecule has 2 unspecified atom stereocenters. The van der Waals surface area contributed by atoms with Crippen LogP contribution in [0.4, 0.5) is 5.69 Å². The first-order valence-corrected chi connectivity index (χ1v) is 9.78. The van der Waals surface area contributed by atoms with Gasteiger partial charge in [0.2, 0.25) is 11.8 Å². The molecule has 0 spiro atoms. The van der Waals surface area contributed by atoms with Crippen molar-refractivity contribution >= 4 is 17.5 Å². The van der Waals surface area contributed by atoms with Gasteiger partial charge < -0.3 is 15.1 Å². The van der Waals surface area contributed by atoms with Crippen LogP contribution in [0, 0.1) is 12.8 Å². The van der Waals surface area contributed by atoms with Gasteiger partial charge in [-0.3, -0.25) is 9.59 Å². The number of hydrogen-bond donors (Lipinski definition) is 1. The molecule has 0 bridgehead atoms. The van der Waals surface area contributed by atoms with E-state index in [2.05, 4.69) is 22.3 Å². The lowest BCUT2D eigenvalue weighted by atomic mass is 10.0. The summed E-state index contributed by atoms with van der Waals surface area (Å²) in [5, 5.41) is 3.18. The van der Waals surface area contributed by atoms with Gasteiger partial charge in [-0.05, 0) is 45.1 Å². The maximum atomic E-state index is 12.9. The van der Waals surface area contributed by atoms with Crippen molar-refractivity contribution in [3.8, 4) is 0 Å². The second kappa shape index (κ2) is 9.02. The Kier molecular flexibility index (Phi) is 6.47. The van der Waals surface area contributed by atoms with Gasteiger partial charge in [0.15, 0.2) is 0 Å². The van der Waals surface area contributed by atoms with Crippen LogP contribution in [0.25, 0.3) is 0 Å². The Labute approximate surface area is 167 Å². The number of anilines is 1. The lowest BCUT2D eigenvalue weighted by Crippen LogP contribution is -2.46. The van der Waals surface area contributed by atoms with E-state index in [4.69, 9.17) is 0 Å². The molecule has 3 rings (SSSR count). The average molecular weight is 380 g/mol. The smallest absolute Gasteiger partial charge is 0.227 e. The summed E-state index contributed by atoms with van der Waals surface area (Å²) in [5.74, 6) is -0.337. The van der Waals surface area contributed by atoms with Gasteiger partial charge >= 0.3 is 0 Å². The van der Waals surface area contributed by atoms with Crippen molar-refractivity contribution in [2.45, 2.75) is 25.8 Å². The molecule has 148 valence electrons. The standard InChI is InChI=1S/C23H29N3O2/c1-17-9-11-21(12-10-17)26-15-19(14-22(26)27)23(28)24-20(16-25(2)3)13-18-7-5-4-6-8-18/h4-12,19-20H,13-16H2,1-3H3,(H,24,28).